The molecular formula is C18H15ClN4O2. The van der Waals surface area contributed by atoms with Gasteiger partial charge in [-0.05, 0) is 48.9 Å². The lowest BCUT2D eigenvalue weighted by atomic mass is 10.1. The molecular weight excluding hydrogens is 340 g/mol. The SMILES string of the molecule is Cc1cc(Cl)ccc1NC(=O)Nc1ccc(-c2ccc(=O)[nH]n2)cc1. The van der Waals surface area contributed by atoms with Crippen molar-refractivity contribution in [2.75, 3.05) is 10.6 Å². The molecule has 0 fully saturated rings. The van der Waals surface area contributed by atoms with Crippen molar-refractivity contribution in [2.24, 2.45) is 0 Å². The molecule has 0 aliphatic rings. The number of benzene rings is 2. The molecule has 3 N–H and O–H groups in total. The molecule has 2 aromatic carbocycles. The van der Waals surface area contributed by atoms with Gasteiger partial charge < -0.3 is 10.6 Å². The fourth-order valence-corrected chi connectivity index (χ4v) is 2.51. The topological polar surface area (TPSA) is 86.9 Å². The molecule has 0 radical (unpaired) electrons. The van der Waals surface area contributed by atoms with E-state index in [0.717, 1.165) is 11.1 Å². The van der Waals surface area contributed by atoms with Crippen LogP contribution in [0.4, 0.5) is 16.2 Å². The lowest BCUT2D eigenvalue weighted by Gasteiger charge is -2.10. The Morgan fingerprint density at radius 2 is 1.80 bits per heavy atom. The van der Waals surface area contributed by atoms with E-state index < -0.39 is 0 Å². The first kappa shape index (κ1) is 16.7. The van der Waals surface area contributed by atoms with Crippen molar-refractivity contribution in [3.05, 3.63) is 75.5 Å². The minimum absolute atomic E-state index is 0.254. The van der Waals surface area contributed by atoms with Crippen LogP contribution in [0.1, 0.15) is 5.56 Å². The van der Waals surface area contributed by atoms with Crippen LogP contribution in [0.25, 0.3) is 11.3 Å². The number of aryl methyl sites for hydroxylation is 1. The van der Waals surface area contributed by atoms with E-state index in [2.05, 4.69) is 20.8 Å². The fourth-order valence-electron chi connectivity index (χ4n) is 2.28. The maximum atomic E-state index is 12.1. The van der Waals surface area contributed by atoms with E-state index in [1.807, 2.05) is 19.1 Å². The normalized spacial score (nSPS) is 10.3. The number of halogens is 1. The molecule has 0 aliphatic heterocycles. The van der Waals surface area contributed by atoms with Gasteiger partial charge in [0.25, 0.3) is 5.56 Å². The van der Waals surface area contributed by atoms with Gasteiger partial charge in [-0.25, -0.2) is 9.89 Å². The number of aromatic amines is 1. The van der Waals surface area contributed by atoms with Gasteiger partial charge in [-0.1, -0.05) is 23.7 Å². The number of carbonyl (C=O) groups is 1. The first-order valence-corrected chi connectivity index (χ1v) is 7.89. The molecule has 1 aromatic heterocycles. The number of hydrogen-bond acceptors (Lipinski definition) is 3. The first-order chi connectivity index (χ1) is 12.0. The van der Waals surface area contributed by atoms with Crippen molar-refractivity contribution in [1.29, 1.82) is 0 Å². The van der Waals surface area contributed by atoms with Crippen LogP contribution in [0.5, 0.6) is 0 Å². The Bertz CT molecular complexity index is 947. The third-order valence-corrected chi connectivity index (χ3v) is 3.79. The third kappa shape index (κ3) is 4.24. The second kappa shape index (κ2) is 7.19. The van der Waals surface area contributed by atoms with Crippen LogP contribution in [0.15, 0.2) is 59.4 Å². The number of nitrogens with one attached hydrogen (secondary N) is 3. The van der Waals surface area contributed by atoms with Crippen LogP contribution < -0.4 is 16.2 Å². The molecule has 0 saturated heterocycles. The van der Waals surface area contributed by atoms with Gasteiger partial charge >= 0.3 is 6.03 Å². The Morgan fingerprint density at radius 3 is 2.44 bits per heavy atom. The zero-order valence-corrected chi connectivity index (χ0v) is 14.1. The first-order valence-electron chi connectivity index (χ1n) is 7.51. The van der Waals surface area contributed by atoms with Gasteiger partial charge in [0.2, 0.25) is 0 Å². The number of carbonyl (C=O) groups excluding carboxylic acids is 1. The molecule has 1 heterocycles. The molecule has 0 atom stereocenters. The standard InChI is InChI=1S/C18H15ClN4O2/c1-11-10-13(19)4-7-15(11)21-18(25)20-14-5-2-12(3-6-14)16-8-9-17(24)23-22-16/h2-10H,1H3,(H,23,24)(H2,20,21,25). The number of urea groups is 1. The summed E-state index contributed by atoms with van der Waals surface area (Å²) in [6.45, 7) is 1.87. The Morgan fingerprint density at radius 1 is 1.04 bits per heavy atom. The molecule has 3 rings (SSSR count). The number of anilines is 2. The van der Waals surface area contributed by atoms with E-state index in [0.29, 0.717) is 22.1 Å². The summed E-state index contributed by atoms with van der Waals surface area (Å²) in [7, 11) is 0. The molecule has 0 aliphatic carbocycles. The lowest BCUT2D eigenvalue weighted by Crippen LogP contribution is -2.19. The van der Waals surface area contributed by atoms with Gasteiger partial charge in [0.05, 0.1) is 5.69 Å². The number of nitrogens with zero attached hydrogens (tertiary/aromatic N) is 1. The Kier molecular flexibility index (Phi) is 4.81. The summed E-state index contributed by atoms with van der Waals surface area (Å²) in [5, 5.41) is 12.5. The quantitative estimate of drug-likeness (QED) is 0.663. The van der Waals surface area contributed by atoms with Crippen LogP contribution >= 0.6 is 11.6 Å². The molecule has 7 heteroatoms. The Hall–Kier alpha value is -3.12. The molecule has 126 valence electrons. The zero-order chi connectivity index (χ0) is 17.8. The van der Waals surface area contributed by atoms with Gasteiger partial charge in [-0.2, -0.15) is 5.10 Å². The molecule has 2 amide bonds. The van der Waals surface area contributed by atoms with Gasteiger partial charge in [0.1, 0.15) is 0 Å². The van der Waals surface area contributed by atoms with E-state index >= 15 is 0 Å². The highest BCUT2D eigenvalue weighted by Gasteiger charge is 2.06. The van der Waals surface area contributed by atoms with Crippen molar-refractivity contribution in [1.82, 2.24) is 10.2 Å². The number of aromatic nitrogens is 2. The van der Waals surface area contributed by atoms with Crippen molar-refractivity contribution >= 4 is 29.0 Å². The van der Waals surface area contributed by atoms with E-state index in [1.54, 1.807) is 36.4 Å². The number of rotatable bonds is 3. The third-order valence-electron chi connectivity index (χ3n) is 3.55. The average Bonchev–Trinajstić information content (AvgIpc) is 2.59. The summed E-state index contributed by atoms with van der Waals surface area (Å²) in [5.74, 6) is 0. The molecule has 0 saturated carbocycles. The zero-order valence-electron chi connectivity index (χ0n) is 13.3. The minimum Gasteiger partial charge on any atom is -0.308 e. The van der Waals surface area contributed by atoms with Gasteiger partial charge in [0.15, 0.2) is 0 Å². The number of H-pyrrole nitrogens is 1. The highest BCUT2D eigenvalue weighted by molar-refractivity contribution is 6.30. The summed E-state index contributed by atoms with van der Waals surface area (Å²) in [6, 6.07) is 15.1. The van der Waals surface area contributed by atoms with E-state index in [4.69, 9.17) is 11.6 Å². The summed E-state index contributed by atoms with van der Waals surface area (Å²) in [5.41, 5.74) is 3.43. The monoisotopic (exact) mass is 354 g/mol. The van der Waals surface area contributed by atoms with Crippen molar-refractivity contribution in [2.45, 2.75) is 6.92 Å². The van der Waals surface area contributed by atoms with Gasteiger partial charge in [-0.15, -0.1) is 0 Å². The summed E-state index contributed by atoms with van der Waals surface area (Å²) in [4.78, 5) is 23.1. The van der Waals surface area contributed by atoms with Crippen molar-refractivity contribution in [3.63, 3.8) is 0 Å². The summed E-state index contributed by atoms with van der Waals surface area (Å²) >= 11 is 5.90. The molecule has 6 nitrogen and oxygen atoms in total. The van der Waals surface area contributed by atoms with Crippen LogP contribution in [0, 0.1) is 6.92 Å². The fraction of sp³-hybridized carbons (Fsp3) is 0.0556. The highest BCUT2D eigenvalue weighted by Crippen LogP contribution is 2.21. The van der Waals surface area contributed by atoms with Gasteiger partial charge in [-0.3, -0.25) is 4.79 Å². The molecule has 3 aromatic rings. The molecule has 25 heavy (non-hydrogen) atoms. The smallest absolute Gasteiger partial charge is 0.308 e. The Balaban J connectivity index is 1.67. The molecule has 0 unspecified atom stereocenters. The maximum absolute atomic E-state index is 12.1. The van der Waals surface area contributed by atoms with Crippen LogP contribution in [0.2, 0.25) is 5.02 Å². The second-order valence-electron chi connectivity index (χ2n) is 5.42. The molecule has 0 spiro atoms. The lowest BCUT2D eigenvalue weighted by molar-refractivity contribution is 0.262. The summed E-state index contributed by atoms with van der Waals surface area (Å²) in [6.07, 6.45) is 0. The van der Waals surface area contributed by atoms with E-state index in [1.165, 1.54) is 6.07 Å². The second-order valence-corrected chi connectivity index (χ2v) is 5.86. The average molecular weight is 355 g/mol. The van der Waals surface area contributed by atoms with Crippen LogP contribution in [-0.2, 0) is 0 Å². The van der Waals surface area contributed by atoms with Crippen molar-refractivity contribution in [3.8, 4) is 11.3 Å². The van der Waals surface area contributed by atoms with Crippen LogP contribution in [-0.4, -0.2) is 16.2 Å². The number of hydrogen-bond donors (Lipinski definition) is 3. The maximum Gasteiger partial charge on any atom is 0.323 e. The molecule has 0 bridgehead atoms. The van der Waals surface area contributed by atoms with E-state index in [9.17, 15) is 9.59 Å². The largest absolute Gasteiger partial charge is 0.323 e. The van der Waals surface area contributed by atoms with Gasteiger partial charge in [0, 0.05) is 28.0 Å². The highest BCUT2D eigenvalue weighted by atomic mass is 35.5. The summed E-state index contributed by atoms with van der Waals surface area (Å²) < 4.78 is 0. The van der Waals surface area contributed by atoms with Crippen molar-refractivity contribution < 1.29 is 4.79 Å². The Labute approximate surface area is 148 Å². The predicted molar refractivity (Wildman–Crippen MR) is 99.1 cm³/mol. The minimum atomic E-state index is -0.347. The number of amides is 2. The predicted octanol–water partition coefficient (Wildman–Crippen LogP) is 4.04. The van der Waals surface area contributed by atoms with E-state index in [-0.39, 0.29) is 11.6 Å². The van der Waals surface area contributed by atoms with Crippen LogP contribution in [0.3, 0.4) is 0 Å².